The second-order valence-electron chi connectivity index (χ2n) is 3.75. The van der Waals surface area contributed by atoms with E-state index < -0.39 is 0 Å². The summed E-state index contributed by atoms with van der Waals surface area (Å²) < 4.78 is 0. The van der Waals surface area contributed by atoms with Gasteiger partial charge in [0, 0.05) is 12.6 Å². The molecule has 1 saturated heterocycles. The number of hydrogen-bond acceptors (Lipinski definition) is 3. The molecule has 0 aromatic rings. The highest BCUT2D eigenvalue weighted by atomic mass is 16.3. The number of urea groups is 1. The maximum absolute atomic E-state index is 11.4. The third-order valence-electron chi connectivity index (χ3n) is 2.40. The van der Waals surface area contributed by atoms with Gasteiger partial charge in [-0.3, -0.25) is 9.69 Å². The molecule has 80 valence electrons. The number of aliphatic hydroxyl groups is 1. The van der Waals surface area contributed by atoms with Crippen LogP contribution in [0.4, 0.5) is 4.79 Å². The third kappa shape index (κ3) is 2.04. The van der Waals surface area contributed by atoms with E-state index in [1.54, 1.807) is 0 Å². The fourth-order valence-corrected chi connectivity index (χ4v) is 1.66. The molecule has 0 bridgehead atoms. The molecule has 0 radical (unpaired) electrons. The number of hydrogen-bond donors (Lipinski definition) is 2. The first-order valence-electron chi connectivity index (χ1n) is 4.78. The number of carbonyl (C=O) groups excluding carboxylic acids is 2. The van der Waals surface area contributed by atoms with Crippen LogP contribution in [-0.2, 0) is 4.79 Å². The Balaban J connectivity index is 2.75. The van der Waals surface area contributed by atoms with Gasteiger partial charge in [-0.05, 0) is 12.3 Å². The van der Waals surface area contributed by atoms with Gasteiger partial charge < -0.3 is 10.4 Å². The van der Waals surface area contributed by atoms with Crippen LogP contribution < -0.4 is 5.32 Å². The first-order chi connectivity index (χ1) is 6.57. The molecule has 14 heavy (non-hydrogen) atoms. The Morgan fingerprint density at radius 3 is 2.50 bits per heavy atom. The highest BCUT2D eigenvalue weighted by molar-refractivity contribution is 6.02. The monoisotopic (exact) mass is 200 g/mol. The summed E-state index contributed by atoms with van der Waals surface area (Å²) in [7, 11) is 0. The van der Waals surface area contributed by atoms with Crippen molar-refractivity contribution in [2.24, 2.45) is 5.92 Å². The SMILES string of the molecule is CC(C)C(CCO)N1C(=O)CNC1=O. The van der Waals surface area contributed by atoms with E-state index in [1.165, 1.54) is 4.90 Å². The lowest BCUT2D eigenvalue weighted by molar-refractivity contribution is -0.127. The van der Waals surface area contributed by atoms with Crippen molar-refractivity contribution >= 4 is 11.9 Å². The zero-order valence-electron chi connectivity index (χ0n) is 8.49. The molecule has 0 aromatic heterocycles. The number of nitrogens with one attached hydrogen (secondary N) is 1. The highest BCUT2D eigenvalue weighted by Gasteiger charge is 2.35. The van der Waals surface area contributed by atoms with Gasteiger partial charge in [0.25, 0.3) is 0 Å². The molecule has 1 aliphatic heterocycles. The summed E-state index contributed by atoms with van der Waals surface area (Å²) in [4.78, 5) is 23.9. The number of rotatable bonds is 4. The topological polar surface area (TPSA) is 69.6 Å². The molecule has 3 amide bonds. The number of imide groups is 1. The zero-order chi connectivity index (χ0) is 10.7. The maximum atomic E-state index is 11.4. The summed E-state index contributed by atoms with van der Waals surface area (Å²) in [6.07, 6.45) is 0.441. The molecule has 1 unspecified atom stereocenters. The van der Waals surface area contributed by atoms with Crippen LogP contribution in [0.25, 0.3) is 0 Å². The lowest BCUT2D eigenvalue weighted by atomic mass is 10.00. The van der Waals surface area contributed by atoms with E-state index in [4.69, 9.17) is 5.11 Å². The summed E-state index contributed by atoms with van der Waals surface area (Å²) >= 11 is 0. The normalized spacial score (nSPS) is 19.0. The van der Waals surface area contributed by atoms with Gasteiger partial charge in [0.2, 0.25) is 5.91 Å². The van der Waals surface area contributed by atoms with Gasteiger partial charge in [0.1, 0.15) is 0 Å². The first kappa shape index (κ1) is 11.0. The number of amides is 3. The Labute approximate surface area is 83.1 Å². The molecule has 2 N–H and O–H groups in total. The van der Waals surface area contributed by atoms with Crippen LogP contribution >= 0.6 is 0 Å². The van der Waals surface area contributed by atoms with Crippen LogP contribution in [0.2, 0.25) is 0 Å². The number of nitrogens with zero attached hydrogens (tertiary/aromatic N) is 1. The second kappa shape index (κ2) is 4.41. The molecule has 1 fully saturated rings. The lowest BCUT2D eigenvalue weighted by Crippen LogP contribution is -2.44. The van der Waals surface area contributed by atoms with Gasteiger partial charge >= 0.3 is 6.03 Å². The van der Waals surface area contributed by atoms with Crippen molar-refractivity contribution in [3.63, 3.8) is 0 Å². The quantitative estimate of drug-likeness (QED) is 0.625. The van der Waals surface area contributed by atoms with Crippen molar-refractivity contribution in [3.05, 3.63) is 0 Å². The Bertz CT molecular complexity index is 224. The van der Waals surface area contributed by atoms with Crippen LogP contribution in [0, 0.1) is 5.92 Å². The molecule has 1 heterocycles. The van der Waals surface area contributed by atoms with Crippen LogP contribution in [0.3, 0.4) is 0 Å². The number of aliphatic hydroxyl groups excluding tert-OH is 1. The van der Waals surface area contributed by atoms with Crippen molar-refractivity contribution in [2.75, 3.05) is 13.2 Å². The predicted octanol–water partition coefficient (Wildman–Crippen LogP) is -0.0548. The van der Waals surface area contributed by atoms with E-state index in [0.29, 0.717) is 6.42 Å². The maximum Gasteiger partial charge on any atom is 0.324 e. The van der Waals surface area contributed by atoms with E-state index in [9.17, 15) is 9.59 Å². The Morgan fingerprint density at radius 2 is 2.14 bits per heavy atom. The van der Waals surface area contributed by atoms with E-state index in [0.717, 1.165) is 0 Å². The fraction of sp³-hybridized carbons (Fsp3) is 0.778. The Hall–Kier alpha value is -1.10. The lowest BCUT2D eigenvalue weighted by Gasteiger charge is -2.27. The van der Waals surface area contributed by atoms with Crippen LogP contribution in [0.1, 0.15) is 20.3 Å². The first-order valence-corrected chi connectivity index (χ1v) is 4.78. The molecule has 1 atom stereocenters. The van der Waals surface area contributed by atoms with Gasteiger partial charge in [-0.25, -0.2) is 4.79 Å². The fourth-order valence-electron chi connectivity index (χ4n) is 1.66. The van der Waals surface area contributed by atoms with E-state index >= 15 is 0 Å². The predicted molar refractivity (Wildman–Crippen MR) is 50.6 cm³/mol. The summed E-state index contributed by atoms with van der Waals surface area (Å²) in [5.74, 6) is -0.0444. The summed E-state index contributed by atoms with van der Waals surface area (Å²) in [5, 5.41) is 11.3. The molecule has 0 saturated carbocycles. The van der Waals surface area contributed by atoms with Gasteiger partial charge in [0.15, 0.2) is 0 Å². The van der Waals surface area contributed by atoms with E-state index in [2.05, 4.69) is 5.32 Å². The summed E-state index contributed by atoms with van der Waals surface area (Å²) in [5.41, 5.74) is 0. The molecule has 5 heteroatoms. The minimum Gasteiger partial charge on any atom is -0.396 e. The molecule has 0 aromatic carbocycles. The molecule has 1 aliphatic rings. The minimum atomic E-state index is -0.345. The molecular formula is C9H16N2O3. The summed E-state index contributed by atoms with van der Waals surface area (Å²) in [6, 6.07) is -0.544. The molecular weight excluding hydrogens is 184 g/mol. The molecule has 5 nitrogen and oxygen atoms in total. The van der Waals surface area contributed by atoms with Gasteiger partial charge in [0.05, 0.1) is 6.54 Å². The average Bonchev–Trinajstić information content (AvgIpc) is 2.43. The standard InChI is InChI=1S/C9H16N2O3/c1-6(2)7(3-4-12)11-8(13)5-10-9(11)14/h6-7,12H,3-5H2,1-2H3,(H,10,14). The second-order valence-corrected chi connectivity index (χ2v) is 3.75. The molecule has 1 rings (SSSR count). The van der Waals surface area contributed by atoms with Crippen molar-refractivity contribution in [1.82, 2.24) is 10.2 Å². The van der Waals surface area contributed by atoms with E-state index in [1.807, 2.05) is 13.8 Å². The smallest absolute Gasteiger partial charge is 0.324 e. The molecule has 0 spiro atoms. The van der Waals surface area contributed by atoms with Crippen LogP contribution in [-0.4, -0.2) is 41.1 Å². The van der Waals surface area contributed by atoms with Gasteiger partial charge in [-0.15, -0.1) is 0 Å². The summed E-state index contributed by atoms with van der Waals surface area (Å²) in [6.45, 7) is 3.92. The highest BCUT2D eigenvalue weighted by Crippen LogP contribution is 2.17. The zero-order valence-corrected chi connectivity index (χ0v) is 8.49. The van der Waals surface area contributed by atoms with E-state index in [-0.39, 0.29) is 37.0 Å². The van der Waals surface area contributed by atoms with Gasteiger partial charge in [-0.2, -0.15) is 0 Å². The number of carbonyl (C=O) groups is 2. The average molecular weight is 200 g/mol. The van der Waals surface area contributed by atoms with Crippen molar-refractivity contribution in [1.29, 1.82) is 0 Å². The third-order valence-corrected chi connectivity index (χ3v) is 2.40. The minimum absolute atomic E-state index is 0.0140. The Morgan fingerprint density at radius 1 is 1.50 bits per heavy atom. The van der Waals surface area contributed by atoms with Crippen LogP contribution in [0.15, 0.2) is 0 Å². The Kier molecular flexibility index (Phi) is 3.46. The molecule has 0 aliphatic carbocycles. The van der Waals surface area contributed by atoms with Crippen molar-refractivity contribution < 1.29 is 14.7 Å². The van der Waals surface area contributed by atoms with Crippen LogP contribution in [0.5, 0.6) is 0 Å². The largest absolute Gasteiger partial charge is 0.396 e. The van der Waals surface area contributed by atoms with Gasteiger partial charge in [-0.1, -0.05) is 13.8 Å². The van der Waals surface area contributed by atoms with Crippen molar-refractivity contribution in [3.8, 4) is 0 Å². The van der Waals surface area contributed by atoms with Crippen molar-refractivity contribution in [2.45, 2.75) is 26.3 Å².